The van der Waals surface area contributed by atoms with Crippen LogP contribution < -0.4 is 20.5 Å². The van der Waals surface area contributed by atoms with E-state index < -0.39 is 0 Å². The number of methoxy groups -OCH3 is 1. The van der Waals surface area contributed by atoms with Gasteiger partial charge in [0.2, 0.25) is 5.91 Å². The highest BCUT2D eigenvalue weighted by atomic mass is 16.5. The van der Waals surface area contributed by atoms with E-state index in [1.165, 1.54) is 5.56 Å². The molecule has 1 N–H and O–H groups in total. The Hall–Kier alpha value is -3.81. The Labute approximate surface area is 199 Å². The molecule has 1 atom stereocenters. The van der Waals surface area contributed by atoms with E-state index in [0.717, 1.165) is 31.6 Å². The first-order valence-corrected chi connectivity index (χ1v) is 11.5. The second-order valence-corrected chi connectivity index (χ2v) is 8.49. The normalized spacial score (nSPS) is 15.3. The van der Waals surface area contributed by atoms with Crippen molar-refractivity contribution in [2.45, 2.75) is 25.8 Å². The summed E-state index contributed by atoms with van der Waals surface area (Å²) in [6.45, 7) is 3.79. The monoisotopic (exact) mass is 461 g/mol. The van der Waals surface area contributed by atoms with E-state index in [1.54, 1.807) is 35.9 Å². The van der Waals surface area contributed by atoms with Gasteiger partial charge in [-0.15, -0.1) is 0 Å². The van der Waals surface area contributed by atoms with Crippen LogP contribution in [0.5, 0.6) is 5.75 Å². The molecule has 0 spiro atoms. The average molecular weight is 462 g/mol. The minimum atomic E-state index is -0.213. The Bertz CT molecular complexity index is 1190. The molecule has 8 nitrogen and oxygen atoms in total. The van der Waals surface area contributed by atoms with Crippen LogP contribution in [0.25, 0.3) is 5.69 Å². The van der Waals surface area contributed by atoms with E-state index in [0.29, 0.717) is 23.8 Å². The summed E-state index contributed by atoms with van der Waals surface area (Å²) in [4.78, 5) is 33.1. The lowest BCUT2D eigenvalue weighted by Gasteiger charge is -2.25. The number of likely N-dealkylation sites (N-methyl/N-ethyl adjacent to an activating group) is 1. The fraction of sp³-hybridized carbons (Fsp3) is 0.346. The molecular formula is C26H31N5O3. The number of hydrogen-bond donors (Lipinski definition) is 1. The lowest BCUT2D eigenvalue weighted by Crippen LogP contribution is -2.37. The van der Waals surface area contributed by atoms with Crippen molar-refractivity contribution in [1.82, 2.24) is 14.5 Å². The van der Waals surface area contributed by atoms with E-state index in [2.05, 4.69) is 27.3 Å². The Morgan fingerprint density at radius 2 is 2.03 bits per heavy atom. The highest BCUT2D eigenvalue weighted by molar-refractivity contribution is 5.73. The number of nitrogens with one attached hydrogen (secondary N) is 1. The van der Waals surface area contributed by atoms with Gasteiger partial charge in [0, 0.05) is 52.1 Å². The number of nitrogens with zero attached hydrogens (tertiary/aromatic N) is 4. The molecule has 1 aliphatic rings. The van der Waals surface area contributed by atoms with Gasteiger partial charge >= 0.3 is 0 Å². The summed E-state index contributed by atoms with van der Waals surface area (Å²) in [6.07, 6.45) is 4.99. The first-order valence-electron chi connectivity index (χ1n) is 11.5. The maximum atomic E-state index is 13.1. The molecule has 1 aliphatic heterocycles. The van der Waals surface area contributed by atoms with Gasteiger partial charge in [-0.2, -0.15) is 0 Å². The van der Waals surface area contributed by atoms with Crippen LogP contribution in [0.3, 0.4) is 0 Å². The van der Waals surface area contributed by atoms with Gasteiger partial charge in [-0.05, 0) is 30.5 Å². The van der Waals surface area contributed by atoms with Crippen molar-refractivity contribution in [3.63, 3.8) is 0 Å². The van der Waals surface area contributed by atoms with Crippen molar-refractivity contribution < 1.29 is 9.53 Å². The van der Waals surface area contributed by atoms with Gasteiger partial charge in [-0.25, -0.2) is 4.98 Å². The first-order chi connectivity index (χ1) is 16.5. The predicted octanol–water partition coefficient (Wildman–Crippen LogP) is 2.95. The van der Waals surface area contributed by atoms with Crippen LogP contribution in [0, 0.1) is 0 Å². The molecule has 1 amide bonds. The number of carbonyl (C=O) groups is 1. The van der Waals surface area contributed by atoms with Gasteiger partial charge in [0.05, 0.1) is 24.5 Å². The van der Waals surface area contributed by atoms with E-state index in [1.807, 2.05) is 43.4 Å². The van der Waals surface area contributed by atoms with E-state index >= 15 is 0 Å². The van der Waals surface area contributed by atoms with Crippen molar-refractivity contribution >= 4 is 17.4 Å². The van der Waals surface area contributed by atoms with Crippen molar-refractivity contribution in [3.05, 3.63) is 76.8 Å². The van der Waals surface area contributed by atoms with E-state index in [4.69, 9.17) is 4.74 Å². The molecule has 34 heavy (non-hydrogen) atoms. The summed E-state index contributed by atoms with van der Waals surface area (Å²) in [5, 5.41) is 3.16. The van der Waals surface area contributed by atoms with Crippen molar-refractivity contribution in [1.29, 1.82) is 0 Å². The van der Waals surface area contributed by atoms with Crippen LogP contribution in [0.4, 0.5) is 11.5 Å². The molecular weight excluding hydrogens is 430 g/mol. The van der Waals surface area contributed by atoms with Crippen molar-refractivity contribution in [2.75, 3.05) is 44.0 Å². The topological polar surface area (TPSA) is 79.7 Å². The molecule has 4 rings (SSSR count). The molecule has 1 fully saturated rings. The highest BCUT2D eigenvalue weighted by Crippen LogP contribution is 2.33. The van der Waals surface area contributed by atoms with Crippen molar-refractivity contribution in [2.24, 2.45) is 0 Å². The number of anilines is 2. The second kappa shape index (κ2) is 10.4. The quantitative estimate of drug-likeness (QED) is 0.556. The molecule has 2 heterocycles. The third-order valence-electron chi connectivity index (χ3n) is 6.38. The van der Waals surface area contributed by atoms with Crippen LogP contribution >= 0.6 is 0 Å². The summed E-state index contributed by atoms with van der Waals surface area (Å²) < 4.78 is 7.25. The van der Waals surface area contributed by atoms with Gasteiger partial charge in [-0.3, -0.25) is 14.2 Å². The molecule has 0 radical (unpaired) electrons. The standard InChI is InChI=1S/C26H31N5O3/c1-19(32)29(2)22-12-15-30(18-22)23-10-9-21(17-24(23)34-3)31-16-14-28-25(26(31)33)27-13-11-20-7-5-4-6-8-20/h4-10,14,16-17,22H,11-13,15,18H2,1-3H3,(H,27,28). The molecule has 1 aromatic heterocycles. The van der Waals surface area contributed by atoms with Crippen LogP contribution in [0.15, 0.2) is 65.7 Å². The zero-order valence-electron chi connectivity index (χ0n) is 19.9. The fourth-order valence-electron chi connectivity index (χ4n) is 4.32. The minimum absolute atomic E-state index is 0.0689. The third kappa shape index (κ3) is 5.06. The summed E-state index contributed by atoms with van der Waals surface area (Å²) >= 11 is 0. The smallest absolute Gasteiger partial charge is 0.297 e. The Morgan fingerprint density at radius 3 is 2.76 bits per heavy atom. The zero-order chi connectivity index (χ0) is 24.1. The lowest BCUT2D eigenvalue weighted by atomic mass is 10.1. The molecule has 0 aliphatic carbocycles. The number of aromatic nitrogens is 2. The molecule has 178 valence electrons. The zero-order valence-corrected chi connectivity index (χ0v) is 19.9. The van der Waals surface area contributed by atoms with Crippen LogP contribution in [-0.4, -0.2) is 60.2 Å². The molecule has 1 saturated heterocycles. The summed E-state index contributed by atoms with van der Waals surface area (Å²) in [5.41, 5.74) is 2.64. The number of carbonyl (C=O) groups excluding carboxylic acids is 1. The van der Waals surface area contributed by atoms with Gasteiger partial charge in [-0.1, -0.05) is 30.3 Å². The molecule has 2 aromatic carbocycles. The number of rotatable bonds is 8. The molecule has 3 aromatic rings. The average Bonchev–Trinajstić information content (AvgIpc) is 3.35. The number of hydrogen-bond acceptors (Lipinski definition) is 6. The molecule has 1 unspecified atom stereocenters. The lowest BCUT2D eigenvalue weighted by molar-refractivity contribution is -0.129. The molecule has 8 heteroatoms. The summed E-state index contributed by atoms with van der Waals surface area (Å²) in [7, 11) is 3.47. The highest BCUT2D eigenvalue weighted by Gasteiger charge is 2.28. The predicted molar refractivity (Wildman–Crippen MR) is 134 cm³/mol. The summed E-state index contributed by atoms with van der Waals surface area (Å²) in [6, 6.07) is 16.0. The fourth-order valence-corrected chi connectivity index (χ4v) is 4.32. The first kappa shape index (κ1) is 23.4. The third-order valence-corrected chi connectivity index (χ3v) is 6.38. The van der Waals surface area contributed by atoms with E-state index in [9.17, 15) is 9.59 Å². The van der Waals surface area contributed by atoms with Gasteiger partial charge in [0.25, 0.3) is 5.56 Å². The maximum Gasteiger partial charge on any atom is 0.297 e. The number of ether oxygens (including phenoxy) is 1. The number of amides is 1. The largest absolute Gasteiger partial charge is 0.495 e. The van der Waals surface area contributed by atoms with Crippen LogP contribution in [-0.2, 0) is 11.2 Å². The molecule has 0 saturated carbocycles. The van der Waals surface area contributed by atoms with Gasteiger partial charge in [0.1, 0.15) is 5.75 Å². The summed E-state index contributed by atoms with van der Waals surface area (Å²) in [5.74, 6) is 1.07. The Kier molecular flexibility index (Phi) is 7.15. The number of benzene rings is 2. The SMILES string of the molecule is COc1cc(-n2ccnc(NCCc3ccccc3)c2=O)ccc1N1CCC(N(C)C(C)=O)C1. The molecule has 0 bridgehead atoms. The Morgan fingerprint density at radius 1 is 1.24 bits per heavy atom. The van der Waals surface area contributed by atoms with Crippen molar-refractivity contribution in [3.8, 4) is 11.4 Å². The maximum absolute atomic E-state index is 13.1. The Balaban J connectivity index is 1.51. The van der Waals surface area contributed by atoms with Gasteiger partial charge < -0.3 is 19.9 Å². The van der Waals surface area contributed by atoms with Crippen LogP contribution in [0.2, 0.25) is 0 Å². The van der Waals surface area contributed by atoms with E-state index in [-0.39, 0.29) is 17.5 Å². The minimum Gasteiger partial charge on any atom is -0.495 e. The van der Waals surface area contributed by atoms with Gasteiger partial charge in [0.15, 0.2) is 5.82 Å². The van der Waals surface area contributed by atoms with Crippen LogP contribution in [0.1, 0.15) is 18.9 Å². The second-order valence-electron chi connectivity index (χ2n) is 8.49.